The maximum Gasteiger partial charge on any atom is 0.218 e. The van der Waals surface area contributed by atoms with Crippen LogP contribution in [0.15, 0.2) is 35.0 Å². The summed E-state index contributed by atoms with van der Waals surface area (Å²) in [7, 11) is 0. The molecular weight excluding hydrogens is 264 g/mol. The number of carbonyl (C=O) groups excluding carboxylic acids is 1. The van der Waals surface area contributed by atoms with E-state index in [4.69, 9.17) is 5.73 Å². The van der Waals surface area contributed by atoms with Crippen molar-refractivity contribution in [2.24, 2.45) is 5.73 Å². The minimum atomic E-state index is -0.261. The fraction of sp³-hybridized carbons (Fsp3) is 0.308. The molecule has 3 N–H and O–H groups in total. The normalized spacial score (nSPS) is 12.4. The predicted molar refractivity (Wildman–Crippen MR) is 76.9 cm³/mol. The fourth-order valence-electron chi connectivity index (χ4n) is 1.76. The summed E-state index contributed by atoms with van der Waals surface area (Å²) in [6, 6.07) is 8.65. The Morgan fingerprint density at radius 3 is 2.67 bits per heavy atom. The molecule has 96 valence electrons. The Hall–Kier alpha value is -1.17. The number of nitrogens with two attached hydrogens (primary N) is 1. The van der Waals surface area contributed by atoms with Crippen molar-refractivity contribution >= 4 is 28.6 Å². The molecule has 0 aliphatic carbocycles. The fourth-order valence-corrected chi connectivity index (χ4v) is 3.32. The van der Waals surface area contributed by atoms with Crippen LogP contribution in [0, 0.1) is 0 Å². The summed E-state index contributed by atoms with van der Waals surface area (Å²) in [6.45, 7) is 0.628. The maximum atomic E-state index is 10.8. The van der Waals surface area contributed by atoms with Gasteiger partial charge in [-0.25, -0.2) is 0 Å². The first kappa shape index (κ1) is 13.3. The monoisotopic (exact) mass is 280 g/mol. The van der Waals surface area contributed by atoms with Gasteiger partial charge in [-0.2, -0.15) is 0 Å². The molecule has 0 radical (unpaired) electrons. The maximum absolute atomic E-state index is 10.8. The second-order valence-electron chi connectivity index (χ2n) is 4.02. The van der Waals surface area contributed by atoms with Crippen LogP contribution in [0.25, 0.3) is 0 Å². The van der Waals surface area contributed by atoms with Gasteiger partial charge in [-0.15, -0.1) is 22.7 Å². The third-order valence-electron chi connectivity index (χ3n) is 2.63. The topological polar surface area (TPSA) is 55.1 Å². The van der Waals surface area contributed by atoms with Gasteiger partial charge in [-0.05, 0) is 22.9 Å². The lowest BCUT2D eigenvalue weighted by Crippen LogP contribution is -2.26. The van der Waals surface area contributed by atoms with Crippen LogP contribution in [-0.4, -0.2) is 12.5 Å². The second kappa shape index (κ2) is 6.68. The van der Waals surface area contributed by atoms with Crippen LogP contribution in [0.3, 0.4) is 0 Å². The molecule has 0 aromatic carbocycles. The van der Waals surface area contributed by atoms with E-state index in [-0.39, 0.29) is 11.9 Å². The average molecular weight is 280 g/mol. The summed E-state index contributed by atoms with van der Waals surface area (Å²) >= 11 is 3.50. The van der Waals surface area contributed by atoms with Crippen molar-refractivity contribution in [3.8, 4) is 0 Å². The molecule has 0 spiro atoms. The van der Waals surface area contributed by atoms with Gasteiger partial charge in [0.05, 0.1) is 0 Å². The highest BCUT2D eigenvalue weighted by atomic mass is 32.1. The van der Waals surface area contributed by atoms with E-state index in [9.17, 15) is 4.79 Å². The molecule has 3 nitrogen and oxygen atoms in total. The Labute approximate surface area is 115 Å². The van der Waals surface area contributed by atoms with Crippen LogP contribution in [0.5, 0.6) is 0 Å². The molecule has 1 unspecified atom stereocenters. The van der Waals surface area contributed by atoms with E-state index in [1.54, 1.807) is 22.7 Å². The zero-order chi connectivity index (χ0) is 12.8. The Morgan fingerprint density at radius 2 is 2.06 bits per heavy atom. The third-order valence-corrected chi connectivity index (χ3v) is 4.52. The zero-order valence-corrected chi connectivity index (χ0v) is 11.6. The lowest BCUT2D eigenvalue weighted by molar-refractivity contribution is -0.117. The summed E-state index contributed by atoms with van der Waals surface area (Å²) in [4.78, 5) is 13.4. The summed E-state index contributed by atoms with van der Waals surface area (Å²) in [5.74, 6) is -0.261. The van der Waals surface area contributed by atoms with Crippen molar-refractivity contribution in [1.29, 1.82) is 0 Å². The quantitative estimate of drug-likeness (QED) is 0.819. The molecule has 2 rings (SSSR count). The number of hydrogen-bond donors (Lipinski definition) is 2. The molecule has 0 aliphatic heterocycles. The van der Waals surface area contributed by atoms with E-state index in [0.29, 0.717) is 13.0 Å². The summed E-state index contributed by atoms with van der Waals surface area (Å²) in [5.41, 5.74) is 5.16. The Kier molecular flexibility index (Phi) is 4.92. The van der Waals surface area contributed by atoms with Crippen LogP contribution in [0.2, 0.25) is 0 Å². The van der Waals surface area contributed by atoms with Crippen molar-refractivity contribution in [2.45, 2.75) is 18.9 Å². The van der Waals surface area contributed by atoms with Gasteiger partial charge in [0.2, 0.25) is 5.91 Å². The van der Waals surface area contributed by atoms with E-state index in [1.807, 2.05) is 0 Å². The van der Waals surface area contributed by atoms with Gasteiger partial charge < -0.3 is 11.1 Å². The van der Waals surface area contributed by atoms with Crippen LogP contribution >= 0.6 is 22.7 Å². The van der Waals surface area contributed by atoms with Gasteiger partial charge in [-0.3, -0.25) is 4.79 Å². The van der Waals surface area contributed by atoms with Crippen LogP contribution in [-0.2, 0) is 11.2 Å². The molecule has 2 aromatic rings. The van der Waals surface area contributed by atoms with Crippen molar-refractivity contribution in [1.82, 2.24) is 5.32 Å². The van der Waals surface area contributed by atoms with E-state index in [2.05, 4.69) is 40.3 Å². The van der Waals surface area contributed by atoms with Gasteiger partial charge in [-0.1, -0.05) is 12.1 Å². The highest BCUT2D eigenvalue weighted by molar-refractivity contribution is 7.10. The molecule has 18 heavy (non-hydrogen) atoms. The molecule has 2 heterocycles. The molecule has 2 aromatic heterocycles. The molecule has 0 fully saturated rings. The largest absolute Gasteiger partial charge is 0.370 e. The minimum Gasteiger partial charge on any atom is -0.370 e. The predicted octanol–water partition coefficient (Wildman–Crippen LogP) is 2.56. The minimum absolute atomic E-state index is 0.261. The Morgan fingerprint density at radius 1 is 1.28 bits per heavy atom. The second-order valence-corrected chi connectivity index (χ2v) is 6.03. The molecular formula is C13H16N2OS2. The van der Waals surface area contributed by atoms with Gasteiger partial charge >= 0.3 is 0 Å². The zero-order valence-electron chi connectivity index (χ0n) is 9.96. The highest BCUT2D eigenvalue weighted by Crippen LogP contribution is 2.24. The number of primary amides is 1. The van der Waals surface area contributed by atoms with Crippen molar-refractivity contribution in [3.05, 3.63) is 44.8 Å². The third kappa shape index (κ3) is 3.94. The first-order valence-electron chi connectivity index (χ1n) is 5.83. The molecule has 0 saturated heterocycles. The van der Waals surface area contributed by atoms with Gasteiger partial charge in [0.1, 0.15) is 0 Å². The SMILES string of the molecule is NC(=O)CCNC(Cc1cccs1)c1cccs1. The van der Waals surface area contributed by atoms with Gasteiger partial charge in [0, 0.05) is 35.2 Å². The van der Waals surface area contributed by atoms with E-state index >= 15 is 0 Å². The van der Waals surface area contributed by atoms with Crippen LogP contribution in [0.1, 0.15) is 22.2 Å². The summed E-state index contributed by atoms with van der Waals surface area (Å²) < 4.78 is 0. The summed E-state index contributed by atoms with van der Waals surface area (Å²) in [6.07, 6.45) is 1.34. The molecule has 0 aliphatic rings. The molecule has 1 atom stereocenters. The van der Waals surface area contributed by atoms with Gasteiger partial charge in [0.25, 0.3) is 0 Å². The van der Waals surface area contributed by atoms with Crippen molar-refractivity contribution in [3.63, 3.8) is 0 Å². The number of thiophene rings is 2. The van der Waals surface area contributed by atoms with E-state index in [1.165, 1.54) is 9.75 Å². The number of amides is 1. The first-order valence-corrected chi connectivity index (χ1v) is 7.59. The van der Waals surface area contributed by atoms with Crippen LogP contribution < -0.4 is 11.1 Å². The summed E-state index contributed by atoms with van der Waals surface area (Å²) in [5, 5.41) is 7.57. The molecule has 0 bridgehead atoms. The van der Waals surface area contributed by atoms with E-state index in [0.717, 1.165) is 6.42 Å². The number of rotatable bonds is 7. The van der Waals surface area contributed by atoms with Gasteiger partial charge in [0.15, 0.2) is 0 Å². The Balaban J connectivity index is 1.97. The highest BCUT2D eigenvalue weighted by Gasteiger charge is 2.13. The average Bonchev–Trinajstić information content (AvgIpc) is 3.00. The van der Waals surface area contributed by atoms with Crippen LogP contribution in [0.4, 0.5) is 0 Å². The number of nitrogens with one attached hydrogen (secondary N) is 1. The number of carbonyl (C=O) groups is 1. The standard InChI is InChI=1S/C13H16N2OS2/c14-13(16)5-6-15-11(12-4-2-8-18-12)9-10-3-1-7-17-10/h1-4,7-8,11,15H,5-6,9H2,(H2,14,16). The smallest absolute Gasteiger partial charge is 0.218 e. The molecule has 1 amide bonds. The van der Waals surface area contributed by atoms with E-state index < -0.39 is 0 Å². The molecule has 0 saturated carbocycles. The van der Waals surface area contributed by atoms with Crippen molar-refractivity contribution < 1.29 is 4.79 Å². The number of hydrogen-bond acceptors (Lipinski definition) is 4. The first-order chi connectivity index (χ1) is 8.75. The lowest BCUT2D eigenvalue weighted by atomic mass is 10.1. The van der Waals surface area contributed by atoms with Crippen molar-refractivity contribution in [2.75, 3.05) is 6.54 Å². The lowest BCUT2D eigenvalue weighted by Gasteiger charge is -2.16. The Bertz CT molecular complexity index is 465. The molecule has 5 heteroatoms.